The molecule has 2 heterocycles. The summed E-state index contributed by atoms with van der Waals surface area (Å²) in [4.78, 5) is 4.26. The molecule has 0 spiro atoms. The first-order chi connectivity index (χ1) is 8.77. The lowest BCUT2D eigenvalue weighted by atomic mass is 10.00. The third kappa shape index (κ3) is 1.67. The Labute approximate surface area is 105 Å². The van der Waals surface area contributed by atoms with Crippen molar-refractivity contribution in [3.8, 4) is 0 Å². The maximum absolute atomic E-state index is 6.33. The van der Waals surface area contributed by atoms with Gasteiger partial charge in [-0.25, -0.2) is 0 Å². The number of rotatable bonds is 2. The molecule has 90 valence electrons. The maximum Gasteiger partial charge on any atom is 0.0744 e. The smallest absolute Gasteiger partial charge is 0.0744 e. The summed E-state index contributed by atoms with van der Waals surface area (Å²) in [5.41, 5.74) is 8.33. The molecule has 0 amide bonds. The summed E-state index contributed by atoms with van der Waals surface area (Å²) < 4.78 is 1.80. The topological polar surface area (TPSA) is 56.7 Å². The molecule has 0 aliphatic carbocycles. The van der Waals surface area contributed by atoms with Gasteiger partial charge < -0.3 is 5.73 Å². The summed E-state index contributed by atoms with van der Waals surface area (Å²) in [6.45, 7) is 0. The van der Waals surface area contributed by atoms with Crippen molar-refractivity contribution in [3.05, 3.63) is 60.2 Å². The van der Waals surface area contributed by atoms with Crippen molar-refractivity contribution in [3.63, 3.8) is 0 Å². The first-order valence-electron chi connectivity index (χ1n) is 5.83. The fraction of sp³-hybridized carbons (Fsp3) is 0.143. The van der Waals surface area contributed by atoms with Crippen molar-refractivity contribution in [2.24, 2.45) is 12.8 Å². The Balaban J connectivity index is 2.18. The Morgan fingerprint density at radius 3 is 2.78 bits per heavy atom. The van der Waals surface area contributed by atoms with Gasteiger partial charge in [0, 0.05) is 36.6 Å². The number of aromatic nitrogens is 3. The first-order valence-corrected chi connectivity index (χ1v) is 5.83. The van der Waals surface area contributed by atoms with Gasteiger partial charge in [-0.2, -0.15) is 5.10 Å². The predicted octanol–water partition coefficient (Wildman–Crippen LogP) is 2.02. The molecule has 4 nitrogen and oxygen atoms in total. The maximum atomic E-state index is 6.33. The van der Waals surface area contributed by atoms with Crippen molar-refractivity contribution in [1.29, 1.82) is 0 Å². The van der Waals surface area contributed by atoms with Crippen LogP contribution in [0.5, 0.6) is 0 Å². The van der Waals surface area contributed by atoms with Gasteiger partial charge in [0.05, 0.1) is 11.7 Å². The standard InChI is InChI=1S/C14H14N4/c1-18-13(6-7-17-18)14(15)12-9-16-8-10-4-2-3-5-11(10)12/h2-9,14H,15H2,1H3. The molecule has 0 fully saturated rings. The van der Waals surface area contributed by atoms with E-state index < -0.39 is 0 Å². The lowest BCUT2D eigenvalue weighted by Gasteiger charge is -2.14. The molecule has 0 bridgehead atoms. The van der Waals surface area contributed by atoms with Gasteiger partial charge in [-0.3, -0.25) is 9.67 Å². The van der Waals surface area contributed by atoms with E-state index in [1.54, 1.807) is 10.9 Å². The molecule has 0 aliphatic heterocycles. The Morgan fingerprint density at radius 1 is 1.17 bits per heavy atom. The van der Waals surface area contributed by atoms with Crippen LogP contribution in [0.4, 0.5) is 0 Å². The van der Waals surface area contributed by atoms with Crippen molar-refractivity contribution >= 4 is 10.8 Å². The highest BCUT2D eigenvalue weighted by atomic mass is 15.3. The number of fused-ring (bicyclic) bond motifs is 1. The quantitative estimate of drug-likeness (QED) is 0.743. The van der Waals surface area contributed by atoms with Crippen LogP contribution >= 0.6 is 0 Å². The van der Waals surface area contributed by atoms with Crippen LogP contribution in [-0.2, 0) is 7.05 Å². The molecule has 0 aliphatic rings. The molecule has 0 saturated carbocycles. The second-order valence-corrected chi connectivity index (χ2v) is 4.31. The Bertz CT molecular complexity index is 682. The average Bonchev–Trinajstić information content (AvgIpc) is 2.83. The molecule has 18 heavy (non-hydrogen) atoms. The van der Waals surface area contributed by atoms with Crippen LogP contribution < -0.4 is 5.73 Å². The highest BCUT2D eigenvalue weighted by molar-refractivity contribution is 5.85. The van der Waals surface area contributed by atoms with Crippen LogP contribution in [0.1, 0.15) is 17.3 Å². The largest absolute Gasteiger partial charge is 0.319 e. The summed E-state index contributed by atoms with van der Waals surface area (Å²) in [7, 11) is 1.90. The fourth-order valence-electron chi connectivity index (χ4n) is 2.24. The van der Waals surface area contributed by atoms with E-state index in [9.17, 15) is 0 Å². The summed E-state index contributed by atoms with van der Waals surface area (Å²) in [6.07, 6.45) is 5.45. The predicted molar refractivity (Wildman–Crippen MR) is 71.0 cm³/mol. The van der Waals surface area contributed by atoms with Gasteiger partial charge in [0.25, 0.3) is 0 Å². The van der Waals surface area contributed by atoms with Crippen molar-refractivity contribution in [2.45, 2.75) is 6.04 Å². The van der Waals surface area contributed by atoms with Crippen LogP contribution in [0, 0.1) is 0 Å². The van der Waals surface area contributed by atoms with Crippen LogP contribution in [0.25, 0.3) is 10.8 Å². The summed E-state index contributed by atoms with van der Waals surface area (Å²) in [5.74, 6) is 0. The van der Waals surface area contributed by atoms with Gasteiger partial charge in [-0.1, -0.05) is 24.3 Å². The highest BCUT2D eigenvalue weighted by Crippen LogP contribution is 2.25. The van der Waals surface area contributed by atoms with Gasteiger partial charge in [0.2, 0.25) is 0 Å². The first kappa shape index (κ1) is 10.9. The molecular formula is C14H14N4. The van der Waals surface area contributed by atoms with Crippen LogP contribution in [0.3, 0.4) is 0 Å². The number of pyridine rings is 1. The molecule has 1 atom stereocenters. The molecule has 0 saturated heterocycles. The molecule has 3 rings (SSSR count). The monoisotopic (exact) mass is 238 g/mol. The molecule has 2 aromatic heterocycles. The lowest BCUT2D eigenvalue weighted by Crippen LogP contribution is -2.16. The fourth-order valence-corrected chi connectivity index (χ4v) is 2.24. The molecule has 4 heteroatoms. The van der Waals surface area contributed by atoms with Gasteiger partial charge in [0.1, 0.15) is 0 Å². The average molecular weight is 238 g/mol. The zero-order valence-electron chi connectivity index (χ0n) is 10.1. The molecule has 2 N–H and O–H groups in total. The van der Waals surface area contributed by atoms with E-state index >= 15 is 0 Å². The minimum atomic E-state index is -0.212. The molecule has 1 aromatic carbocycles. The minimum Gasteiger partial charge on any atom is -0.319 e. The zero-order chi connectivity index (χ0) is 12.5. The summed E-state index contributed by atoms with van der Waals surface area (Å²) in [5, 5.41) is 6.40. The van der Waals surface area contributed by atoms with Crippen molar-refractivity contribution in [2.75, 3.05) is 0 Å². The van der Waals surface area contributed by atoms with Crippen LogP contribution in [-0.4, -0.2) is 14.8 Å². The highest BCUT2D eigenvalue weighted by Gasteiger charge is 2.15. The van der Waals surface area contributed by atoms with Crippen molar-refractivity contribution < 1.29 is 0 Å². The summed E-state index contributed by atoms with van der Waals surface area (Å²) >= 11 is 0. The third-order valence-corrected chi connectivity index (χ3v) is 3.21. The van der Waals surface area contributed by atoms with E-state index in [-0.39, 0.29) is 6.04 Å². The molecule has 3 aromatic rings. The molecule has 1 unspecified atom stereocenters. The minimum absolute atomic E-state index is 0.212. The van der Waals surface area contributed by atoms with Gasteiger partial charge in [0.15, 0.2) is 0 Å². The zero-order valence-corrected chi connectivity index (χ0v) is 10.1. The Hall–Kier alpha value is -2.20. The molecule has 0 radical (unpaired) electrons. The van der Waals surface area contributed by atoms with Crippen molar-refractivity contribution in [1.82, 2.24) is 14.8 Å². The lowest BCUT2D eigenvalue weighted by molar-refractivity contribution is 0.674. The van der Waals surface area contributed by atoms with E-state index in [2.05, 4.69) is 16.1 Å². The number of aryl methyl sites for hydroxylation is 1. The number of hydrogen-bond acceptors (Lipinski definition) is 3. The van der Waals surface area contributed by atoms with Crippen LogP contribution in [0.15, 0.2) is 48.9 Å². The second-order valence-electron chi connectivity index (χ2n) is 4.31. The van der Waals surface area contributed by atoms with Gasteiger partial charge in [-0.15, -0.1) is 0 Å². The molecular weight excluding hydrogens is 224 g/mol. The van der Waals surface area contributed by atoms with E-state index in [0.717, 1.165) is 22.0 Å². The summed E-state index contributed by atoms with van der Waals surface area (Å²) in [6, 6.07) is 9.86. The van der Waals surface area contributed by atoms with Gasteiger partial charge in [-0.05, 0) is 11.5 Å². The Morgan fingerprint density at radius 2 is 2.00 bits per heavy atom. The van der Waals surface area contributed by atoms with E-state index in [1.165, 1.54) is 0 Å². The normalized spacial score (nSPS) is 12.8. The van der Waals surface area contributed by atoms with E-state index in [0.29, 0.717) is 0 Å². The number of hydrogen-bond donors (Lipinski definition) is 1. The van der Waals surface area contributed by atoms with E-state index in [1.807, 2.05) is 43.7 Å². The number of benzene rings is 1. The van der Waals surface area contributed by atoms with Crippen LogP contribution in [0.2, 0.25) is 0 Å². The number of nitrogens with zero attached hydrogens (tertiary/aromatic N) is 3. The Kier molecular flexibility index (Phi) is 2.57. The van der Waals surface area contributed by atoms with E-state index in [4.69, 9.17) is 5.73 Å². The third-order valence-electron chi connectivity index (χ3n) is 3.21. The SMILES string of the molecule is Cn1nccc1C(N)c1cncc2ccccc12. The number of nitrogens with two attached hydrogens (primary N) is 1. The second kappa shape index (κ2) is 4.23. The van der Waals surface area contributed by atoms with Gasteiger partial charge >= 0.3 is 0 Å².